The monoisotopic (exact) mass is 347 g/mol. The molecule has 1 N–H and O–H groups in total. The summed E-state index contributed by atoms with van der Waals surface area (Å²) in [7, 11) is 1.80. The van der Waals surface area contributed by atoms with Crippen molar-refractivity contribution >= 4 is 38.9 Å². The van der Waals surface area contributed by atoms with E-state index in [4.69, 9.17) is 11.6 Å². The van der Waals surface area contributed by atoms with Crippen LogP contribution in [0.2, 0.25) is 5.02 Å². The first-order chi connectivity index (χ1) is 8.54. The maximum absolute atomic E-state index is 13.9. The van der Waals surface area contributed by atoms with Crippen molar-refractivity contribution in [2.45, 2.75) is 13.0 Å². The lowest BCUT2D eigenvalue weighted by atomic mass is 10.0. The van der Waals surface area contributed by atoms with E-state index in [0.717, 1.165) is 14.2 Å². The van der Waals surface area contributed by atoms with Crippen LogP contribution in [-0.4, -0.2) is 7.05 Å². The van der Waals surface area contributed by atoms with Gasteiger partial charge >= 0.3 is 0 Å². The van der Waals surface area contributed by atoms with E-state index in [1.807, 2.05) is 13.0 Å². The van der Waals surface area contributed by atoms with Gasteiger partial charge in [-0.2, -0.15) is 0 Å². The topological polar surface area (TPSA) is 12.0 Å². The summed E-state index contributed by atoms with van der Waals surface area (Å²) in [4.78, 5) is 1.04. The molecule has 0 amide bonds. The second-order valence-electron chi connectivity index (χ2n) is 3.96. The minimum absolute atomic E-state index is 0.228. The molecule has 96 valence electrons. The fraction of sp³-hybridized carbons (Fsp3) is 0.231. The Morgan fingerprint density at radius 2 is 2.17 bits per heavy atom. The van der Waals surface area contributed by atoms with Crippen LogP contribution in [0.3, 0.4) is 0 Å². The second-order valence-corrected chi connectivity index (χ2v) is 6.77. The van der Waals surface area contributed by atoms with E-state index in [0.29, 0.717) is 10.6 Å². The highest BCUT2D eigenvalue weighted by molar-refractivity contribution is 9.11. The van der Waals surface area contributed by atoms with E-state index in [9.17, 15) is 4.39 Å². The van der Waals surface area contributed by atoms with E-state index in [1.165, 1.54) is 6.07 Å². The Morgan fingerprint density at radius 3 is 2.67 bits per heavy atom. The molecule has 2 aromatic rings. The van der Waals surface area contributed by atoms with Gasteiger partial charge in [0, 0.05) is 15.5 Å². The molecular weight excluding hydrogens is 337 g/mol. The molecule has 0 bridgehead atoms. The smallest absolute Gasteiger partial charge is 0.129 e. The molecule has 0 aliphatic carbocycles. The number of rotatable bonds is 3. The van der Waals surface area contributed by atoms with E-state index in [-0.39, 0.29) is 11.9 Å². The quantitative estimate of drug-likeness (QED) is 0.830. The van der Waals surface area contributed by atoms with Gasteiger partial charge in [-0.3, -0.25) is 0 Å². The summed E-state index contributed by atoms with van der Waals surface area (Å²) in [5, 5.41) is 3.56. The molecule has 0 saturated heterocycles. The van der Waals surface area contributed by atoms with Crippen LogP contribution in [0, 0.1) is 12.7 Å². The summed E-state index contributed by atoms with van der Waals surface area (Å²) in [5.41, 5.74) is 1.64. The Bertz CT molecular complexity index is 530. The average molecular weight is 349 g/mol. The second kappa shape index (κ2) is 5.70. The van der Waals surface area contributed by atoms with Gasteiger partial charge in [-0.15, -0.1) is 11.3 Å². The molecule has 0 aliphatic rings. The first kappa shape index (κ1) is 14.0. The van der Waals surface area contributed by atoms with Gasteiger partial charge in [0.05, 0.1) is 9.83 Å². The van der Waals surface area contributed by atoms with Gasteiger partial charge in [0.2, 0.25) is 0 Å². The van der Waals surface area contributed by atoms with Gasteiger partial charge in [-0.05, 0) is 53.7 Å². The van der Waals surface area contributed by atoms with Crippen molar-refractivity contribution in [3.63, 3.8) is 0 Å². The zero-order valence-corrected chi connectivity index (χ0v) is 13.1. The summed E-state index contributed by atoms with van der Waals surface area (Å²) in [6.07, 6.45) is 0. The van der Waals surface area contributed by atoms with Crippen LogP contribution in [0.4, 0.5) is 4.39 Å². The Kier molecular flexibility index (Phi) is 4.43. The van der Waals surface area contributed by atoms with Crippen molar-refractivity contribution in [3.8, 4) is 0 Å². The third-order valence-corrected chi connectivity index (χ3v) is 5.27. The van der Waals surface area contributed by atoms with Gasteiger partial charge in [-0.1, -0.05) is 17.7 Å². The predicted molar refractivity (Wildman–Crippen MR) is 79.1 cm³/mol. The normalized spacial score (nSPS) is 12.7. The van der Waals surface area contributed by atoms with Crippen LogP contribution in [0.5, 0.6) is 0 Å². The van der Waals surface area contributed by atoms with Crippen molar-refractivity contribution in [1.82, 2.24) is 5.32 Å². The fourth-order valence-electron chi connectivity index (χ4n) is 1.84. The number of aryl methyl sites for hydroxylation is 1. The third kappa shape index (κ3) is 2.62. The van der Waals surface area contributed by atoms with E-state index in [2.05, 4.69) is 21.2 Å². The molecule has 1 unspecified atom stereocenters. The highest BCUT2D eigenvalue weighted by Gasteiger charge is 2.21. The van der Waals surface area contributed by atoms with Crippen molar-refractivity contribution < 1.29 is 4.39 Å². The molecule has 1 atom stereocenters. The van der Waals surface area contributed by atoms with Crippen LogP contribution in [0.15, 0.2) is 28.1 Å². The summed E-state index contributed by atoms with van der Waals surface area (Å²) < 4.78 is 15.0. The first-order valence-corrected chi connectivity index (χ1v) is 7.40. The number of thiophene rings is 1. The Balaban J connectivity index is 2.52. The molecule has 0 fully saturated rings. The van der Waals surface area contributed by atoms with Crippen molar-refractivity contribution in [2.75, 3.05) is 7.05 Å². The highest BCUT2D eigenvalue weighted by Crippen LogP contribution is 2.37. The van der Waals surface area contributed by atoms with Crippen LogP contribution in [0.25, 0.3) is 0 Å². The largest absolute Gasteiger partial charge is 0.309 e. The minimum atomic E-state index is -0.288. The van der Waals surface area contributed by atoms with Gasteiger partial charge in [0.15, 0.2) is 0 Å². The maximum Gasteiger partial charge on any atom is 0.129 e. The van der Waals surface area contributed by atoms with Crippen LogP contribution in [-0.2, 0) is 0 Å². The molecule has 0 spiro atoms. The van der Waals surface area contributed by atoms with Crippen LogP contribution < -0.4 is 5.32 Å². The van der Waals surface area contributed by atoms with E-state index < -0.39 is 0 Å². The zero-order chi connectivity index (χ0) is 13.3. The molecule has 1 aromatic carbocycles. The summed E-state index contributed by atoms with van der Waals surface area (Å²) in [6, 6.07) is 6.57. The SMILES string of the molecule is CNC(c1cc(C)c(Br)s1)c1c(F)cccc1Cl. The molecule has 5 heteroatoms. The summed E-state index contributed by atoms with van der Waals surface area (Å²) >= 11 is 11.2. The Morgan fingerprint density at radius 1 is 1.44 bits per heavy atom. The summed E-state index contributed by atoms with van der Waals surface area (Å²) in [6.45, 7) is 2.01. The minimum Gasteiger partial charge on any atom is -0.309 e. The van der Waals surface area contributed by atoms with Gasteiger partial charge in [0.25, 0.3) is 0 Å². The fourth-order valence-corrected chi connectivity index (χ4v) is 3.80. The number of nitrogens with one attached hydrogen (secondary N) is 1. The standard InChI is InChI=1S/C13H12BrClFNS/c1-7-6-10(18-13(7)14)12(17-2)11-8(15)4-3-5-9(11)16/h3-6,12,17H,1-2H3. The third-order valence-electron chi connectivity index (χ3n) is 2.74. The van der Waals surface area contributed by atoms with Crippen molar-refractivity contribution in [1.29, 1.82) is 0 Å². The van der Waals surface area contributed by atoms with Gasteiger partial charge in [0.1, 0.15) is 5.82 Å². The van der Waals surface area contributed by atoms with Crippen LogP contribution in [0.1, 0.15) is 22.0 Å². The summed E-state index contributed by atoms with van der Waals surface area (Å²) in [5.74, 6) is -0.288. The molecule has 0 radical (unpaired) electrons. The number of hydrogen-bond donors (Lipinski definition) is 1. The number of hydrogen-bond acceptors (Lipinski definition) is 2. The zero-order valence-electron chi connectivity index (χ0n) is 9.93. The van der Waals surface area contributed by atoms with E-state index in [1.54, 1.807) is 30.5 Å². The van der Waals surface area contributed by atoms with Crippen molar-refractivity contribution in [2.24, 2.45) is 0 Å². The van der Waals surface area contributed by atoms with Crippen LogP contribution >= 0.6 is 38.9 Å². The van der Waals surface area contributed by atoms with Crippen molar-refractivity contribution in [3.05, 3.63) is 54.9 Å². The Labute approximate surface area is 123 Å². The number of benzene rings is 1. The maximum atomic E-state index is 13.9. The lowest BCUT2D eigenvalue weighted by Gasteiger charge is -2.17. The molecule has 0 saturated carbocycles. The molecule has 0 aliphatic heterocycles. The molecular formula is C13H12BrClFNS. The molecule has 1 heterocycles. The Hall–Kier alpha value is -0.420. The first-order valence-electron chi connectivity index (χ1n) is 5.41. The predicted octanol–water partition coefficient (Wildman–Crippen LogP) is 4.92. The highest BCUT2D eigenvalue weighted by atomic mass is 79.9. The molecule has 18 heavy (non-hydrogen) atoms. The lowest BCUT2D eigenvalue weighted by Crippen LogP contribution is -2.18. The molecule has 2 rings (SSSR count). The van der Waals surface area contributed by atoms with Gasteiger partial charge < -0.3 is 5.32 Å². The average Bonchev–Trinajstić information content (AvgIpc) is 2.64. The molecule has 1 aromatic heterocycles. The number of halogens is 3. The lowest BCUT2D eigenvalue weighted by molar-refractivity contribution is 0.579. The molecule has 1 nitrogen and oxygen atoms in total. The van der Waals surface area contributed by atoms with Gasteiger partial charge in [-0.25, -0.2) is 4.39 Å². The van der Waals surface area contributed by atoms with E-state index >= 15 is 0 Å².